The standard InChI is InChI=1S/C16H29N3O2S.ClH/c20-15(10-13-4-2-1-3-5-13)18-6-7-19-16(21)11-14-12-22-9-8-17-14;/h13-14,17H,1-12H2,(H,18,20)(H,19,21);1H. The first kappa shape index (κ1) is 20.6. The molecule has 23 heavy (non-hydrogen) atoms. The minimum Gasteiger partial charge on any atom is -0.354 e. The largest absolute Gasteiger partial charge is 0.354 e. The van der Waals surface area contributed by atoms with Crippen LogP contribution in [0.2, 0.25) is 0 Å². The third kappa shape index (κ3) is 8.82. The van der Waals surface area contributed by atoms with Gasteiger partial charge in [0, 0.05) is 50.0 Å². The fourth-order valence-electron chi connectivity index (χ4n) is 3.18. The van der Waals surface area contributed by atoms with E-state index in [1.807, 2.05) is 11.8 Å². The Bertz CT molecular complexity index is 325. The van der Waals surface area contributed by atoms with Gasteiger partial charge in [0.1, 0.15) is 0 Å². The predicted octanol–water partition coefficient (Wildman–Crippen LogP) is 1.71. The van der Waals surface area contributed by atoms with Crippen LogP contribution in [0, 0.1) is 5.92 Å². The Morgan fingerprint density at radius 1 is 1.00 bits per heavy atom. The summed E-state index contributed by atoms with van der Waals surface area (Å²) in [6.07, 6.45) is 7.41. The zero-order valence-electron chi connectivity index (χ0n) is 13.8. The average Bonchev–Trinajstić information content (AvgIpc) is 2.53. The molecule has 1 saturated heterocycles. The number of thioether (sulfide) groups is 1. The Morgan fingerprint density at radius 3 is 2.26 bits per heavy atom. The number of nitrogens with one attached hydrogen (secondary N) is 3. The molecule has 3 N–H and O–H groups in total. The van der Waals surface area contributed by atoms with Gasteiger partial charge in [-0.3, -0.25) is 9.59 Å². The van der Waals surface area contributed by atoms with E-state index in [1.54, 1.807) is 0 Å². The van der Waals surface area contributed by atoms with E-state index in [4.69, 9.17) is 0 Å². The van der Waals surface area contributed by atoms with E-state index in [2.05, 4.69) is 16.0 Å². The number of carbonyl (C=O) groups is 2. The lowest BCUT2D eigenvalue weighted by Crippen LogP contribution is -2.42. The molecule has 2 amide bonds. The SMILES string of the molecule is Cl.O=C(CC1CCCCC1)NCCNC(=O)CC1CSCCN1. The summed E-state index contributed by atoms with van der Waals surface area (Å²) in [5, 5.41) is 9.15. The highest BCUT2D eigenvalue weighted by molar-refractivity contribution is 7.99. The van der Waals surface area contributed by atoms with Gasteiger partial charge in [-0.25, -0.2) is 0 Å². The van der Waals surface area contributed by atoms with Crippen molar-refractivity contribution in [2.75, 3.05) is 31.1 Å². The van der Waals surface area contributed by atoms with Crippen molar-refractivity contribution in [3.8, 4) is 0 Å². The Morgan fingerprint density at radius 2 is 1.65 bits per heavy atom. The summed E-state index contributed by atoms with van der Waals surface area (Å²) in [7, 11) is 0. The monoisotopic (exact) mass is 363 g/mol. The van der Waals surface area contributed by atoms with E-state index >= 15 is 0 Å². The van der Waals surface area contributed by atoms with Crippen molar-refractivity contribution in [2.45, 2.75) is 51.0 Å². The molecule has 1 aliphatic carbocycles. The van der Waals surface area contributed by atoms with Gasteiger partial charge in [0.25, 0.3) is 0 Å². The van der Waals surface area contributed by atoms with Gasteiger partial charge in [-0.05, 0) is 18.8 Å². The third-order valence-electron chi connectivity index (χ3n) is 4.40. The number of carbonyl (C=O) groups excluding carboxylic acids is 2. The van der Waals surface area contributed by atoms with Crippen molar-refractivity contribution in [1.82, 2.24) is 16.0 Å². The van der Waals surface area contributed by atoms with E-state index in [9.17, 15) is 9.59 Å². The zero-order chi connectivity index (χ0) is 15.6. The molecule has 0 aromatic carbocycles. The molecule has 134 valence electrons. The van der Waals surface area contributed by atoms with E-state index in [1.165, 1.54) is 32.1 Å². The van der Waals surface area contributed by atoms with Crippen molar-refractivity contribution < 1.29 is 9.59 Å². The highest BCUT2D eigenvalue weighted by Gasteiger charge is 2.17. The van der Waals surface area contributed by atoms with Crippen LogP contribution in [0.4, 0.5) is 0 Å². The summed E-state index contributed by atoms with van der Waals surface area (Å²) in [6, 6.07) is 0.291. The maximum absolute atomic E-state index is 11.8. The second-order valence-corrected chi connectivity index (χ2v) is 7.49. The van der Waals surface area contributed by atoms with Crippen LogP contribution in [-0.2, 0) is 9.59 Å². The number of hydrogen-bond acceptors (Lipinski definition) is 4. The van der Waals surface area contributed by atoms with Crippen LogP contribution in [0.5, 0.6) is 0 Å². The Hall–Kier alpha value is -0.460. The molecule has 5 nitrogen and oxygen atoms in total. The van der Waals surface area contributed by atoms with Crippen LogP contribution < -0.4 is 16.0 Å². The van der Waals surface area contributed by atoms with Crippen LogP contribution in [0.15, 0.2) is 0 Å². The number of halogens is 1. The molecule has 1 aliphatic heterocycles. The molecule has 2 aliphatic rings. The zero-order valence-corrected chi connectivity index (χ0v) is 15.4. The molecule has 0 aromatic rings. The first-order chi connectivity index (χ1) is 10.7. The smallest absolute Gasteiger partial charge is 0.221 e. The Labute approximate surface area is 149 Å². The Balaban J connectivity index is 0.00000264. The molecule has 0 aromatic heterocycles. The second-order valence-electron chi connectivity index (χ2n) is 6.34. The third-order valence-corrected chi connectivity index (χ3v) is 5.53. The minimum atomic E-state index is 0. The van der Waals surface area contributed by atoms with Gasteiger partial charge in [-0.15, -0.1) is 12.4 Å². The van der Waals surface area contributed by atoms with Crippen molar-refractivity contribution >= 4 is 36.0 Å². The highest BCUT2D eigenvalue weighted by Crippen LogP contribution is 2.25. The van der Waals surface area contributed by atoms with E-state index in [0.29, 0.717) is 37.9 Å². The maximum atomic E-state index is 11.8. The number of hydrogen-bond donors (Lipinski definition) is 3. The molecular formula is C16H30ClN3O2S. The lowest BCUT2D eigenvalue weighted by molar-refractivity contribution is -0.123. The summed E-state index contributed by atoms with van der Waals surface area (Å²) in [4.78, 5) is 23.6. The van der Waals surface area contributed by atoms with E-state index in [-0.39, 0.29) is 24.2 Å². The second kappa shape index (κ2) is 12.0. The van der Waals surface area contributed by atoms with Gasteiger partial charge in [0.05, 0.1) is 0 Å². The quantitative estimate of drug-likeness (QED) is 0.602. The predicted molar refractivity (Wildman–Crippen MR) is 98.2 cm³/mol. The number of rotatable bonds is 7. The van der Waals surface area contributed by atoms with Crippen LogP contribution in [-0.4, -0.2) is 49.0 Å². The molecule has 1 unspecified atom stereocenters. The topological polar surface area (TPSA) is 70.2 Å². The molecule has 0 spiro atoms. The molecule has 1 heterocycles. The Kier molecular flexibility index (Phi) is 10.7. The van der Waals surface area contributed by atoms with Gasteiger partial charge in [0.2, 0.25) is 11.8 Å². The fourth-order valence-corrected chi connectivity index (χ4v) is 4.13. The van der Waals surface area contributed by atoms with Gasteiger partial charge in [0.15, 0.2) is 0 Å². The summed E-state index contributed by atoms with van der Waals surface area (Å²) in [5.74, 6) is 2.91. The van der Waals surface area contributed by atoms with Gasteiger partial charge in [-0.2, -0.15) is 11.8 Å². The molecule has 1 saturated carbocycles. The van der Waals surface area contributed by atoms with Gasteiger partial charge in [-0.1, -0.05) is 19.3 Å². The molecule has 2 rings (SSSR count). The molecule has 0 radical (unpaired) electrons. The van der Waals surface area contributed by atoms with Crippen LogP contribution in [0.1, 0.15) is 44.9 Å². The lowest BCUT2D eigenvalue weighted by Gasteiger charge is -2.22. The fraction of sp³-hybridized carbons (Fsp3) is 0.875. The maximum Gasteiger partial charge on any atom is 0.221 e. The molecule has 0 bridgehead atoms. The van der Waals surface area contributed by atoms with Crippen LogP contribution in [0.3, 0.4) is 0 Å². The molecule has 2 fully saturated rings. The minimum absolute atomic E-state index is 0. The molecule has 7 heteroatoms. The normalized spacial score (nSPS) is 22.0. The van der Waals surface area contributed by atoms with E-state index in [0.717, 1.165) is 18.1 Å². The van der Waals surface area contributed by atoms with Crippen molar-refractivity contribution in [3.63, 3.8) is 0 Å². The first-order valence-corrected chi connectivity index (χ1v) is 9.74. The van der Waals surface area contributed by atoms with Crippen LogP contribution >= 0.6 is 24.2 Å². The summed E-state index contributed by atoms with van der Waals surface area (Å²) in [6.45, 7) is 2.04. The van der Waals surface area contributed by atoms with Crippen molar-refractivity contribution in [2.24, 2.45) is 5.92 Å². The average molecular weight is 364 g/mol. The van der Waals surface area contributed by atoms with Crippen LogP contribution in [0.25, 0.3) is 0 Å². The summed E-state index contributed by atoms with van der Waals surface area (Å²) < 4.78 is 0. The lowest BCUT2D eigenvalue weighted by atomic mass is 9.87. The van der Waals surface area contributed by atoms with Crippen molar-refractivity contribution in [1.29, 1.82) is 0 Å². The first-order valence-electron chi connectivity index (χ1n) is 8.58. The van der Waals surface area contributed by atoms with Gasteiger partial charge >= 0.3 is 0 Å². The highest BCUT2D eigenvalue weighted by atomic mass is 35.5. The van der Waals surface area contributed by atoms with Gasteiger partial charge < -0.3 is 16.0 Å². The van der Waals surface area contributed by atoms with E-state index < -0.39 is 0 Å². The number of amides is 2. The molecule has 1 atom stereocenters. The summed E-state index contributed by atoms with van der Waals surface area (Å²) in [5.41, 5.74) is 0. The summed E-state index contributed by atoms with van der Waals surface area (Å²) >= 11 is 1.89. The molecular weight excluding hydrogens is 334 g/mol. The van der Waals surface area contributed by atoms with Crippen molar-refractivity contribution in [3.05, 3.63) is 0 Å².